The smallest absolute Gasteiger partial charge is 0.407 e. The number of ether oxygens (including phenoxy) is 4. The minimum absolute atomic E-state index is 0.0167. The molecule has 3 rings (SSSR count). The molecule has 1 aromatic heterocycles. The molecule has 1 amide bonds. The van der Waals surface area contributed by atoms with Crippen LogP contribution in [0.25, 0.3) is 0 Å². The molecule has 2 atom stereocenters. The van der Waals surface area contributed by atoms with Gasteiger partial charge in [-0.15, -0.1) is 5.10 Å². The highest BCUT2D eigenvalue weighted by molar-refractivity contribution is 5.71. The van der Waals surface area contributed by atoms with Gasteiger partial charge in [0.15, 0.2) is 6.61 Å². The number of carbonyl (C=O) groups is 2. The van der Waals surface area contributed by atoms with E-state index in [1.165, 1.54) is 0 Å². The number of amides is 1. The molecule has 0 unspecified atom stereocenters. The topological polar surface area (TPSA) is 121 Å². The van der Waals surface area contributed by atoms with Crippen molar-refractivity contribution in [2.45, 2.75) is 95.9 Å². The summed E-state index contributed by atoms with van der Waals surface area (Å²) in [5, 5.41) is 14.5. The van der Waals surface area contributed by atoms with E-state index in [2.05, 4.69) is 20.8 Å². The first-order valence-electron chi connectivity index (χ1n) is 12.7. The molecule has 35 heavy (non-hydrogen) atoms. The Balaban J connectivity index is 1.46. The standard InChI is InChI=1S/C25H40N4O6/c1-5-32-22(30)16-34-23-19(12-14-27-29-23)17-8-10-18(11-9-17)33-15-21-20(7-6-13-26-21)28-24(31)35-25(2,3)4/h12,14,17-18,20-21,26H,5-11,13,15-16H2,1-4H3,(H,28,31)/t17?,18?,20-,21-/m0/s1. The summed E-state index contributed by atoms with van der Waals surface area (Å²) < 4.78 is 22.2. The van der Waals surface area contributed by atoms with E-state index in [0.717, 1.165) is 50.6 Å². The van der Waals surface area contributed by atoms with E-state index >= 15 is 0 Å². The molecule has 1 aliphatic heterocycles. The van der Waals surface area contributed by atoms with Crippen molar-refractivity contribution in [3.05, 3.63) is 17.8 Å². The van der Waals surface area contributed by atoms with Gasteiger partial charge in [0.1, 0.15) is 5.60 Å². The number of nitrogens with zero attached hydrogens (tertiary/aromatic N) is 2. The molecule has 0 radical (unpaired) electrons. The monoisotopic (exact) mass is 492 g/mol. The number of piperidine rings is 1. The van der Waals surface area contributed by atoms with E-state index in [4.69, 9.17) is 18.9 Å². The van der Waals surface area contributed by atoms with Crippen LogP contribution in [-0.2, 0) is 19.0 Å². The summed E-state index contributed by atoms with van der Waals surface area (Å²) in [6, 6.07) is 1.95. The Morgan fingerprint density at radius 2 is 1.94 bits per heavy atom. The summed E-state index contributed by atoms with van der Waals surface area (Å²) in [6.45, 7) is 8.94. The maximum absolute atomic E-state index is 12.2. The van der Waals surface area contributed by atoms with Crippen molar-refractivity contribution in [3.8, 4) is 5.88 Å². The van der Waals surface area contributed by atoms with E-state index in [-0.39, 0.29) is 36.8 Å². The lowest BCUT2D eigenvalue weighted by molar-refractivity contribution is -0.145. The van der Waals surface area contributed by atoms with Gasteiger partial charge in [-0.3, -0.25) is 0 Å². The van der Waals surface area contributed by atoms with Gasteiger partial charge >= 0.3 is 12.1 Å². The van der Waals surface area contributed by atoms with Gasteiger partial charge in [-0.05, 0) is 84.7 Å². The summed E-state index contributed by atoms with van der Waals surface area (Å²) in [7, 11) is 0. The highest BCUT2D eigenvalue weighted by Crippen LogP contribution is 2.37. The summed E-state index contributed by atoms with van der Waals surface area (Å²) in [5.74, 6) is 0.251. The molecule has 2 heterocycles. The SMILES string of the molecule is CCOC(=O)COc1nnccc1C1CCC(OC[C@@H]2NCCC[C@@H]2NC(=O)OC(C)(C)C)CC1. The van der Waals surface area contributed by atoms with Gasteiger partial charge in [-0.1, -0.05) is 0 Å². The second-order valence-electron chi connectivity index (χ2n) is 10.1. The van der Waals surface area contributed by atoms with Crippen molar-refractivity contribution < 1.29 is 28.5 Å². The Morgan fingerprint density at radius 3 is 2.66 bits per heavy atom. The van der Waals surface area contributed by atoms with Gasteiger partial charge in [-0.2, -0.15) is 5.10 Å². The third-order valence-electron chi connectivity index (χ3n) is 6.26. The third kappa shape index (κ3) is 8.92. The van der Waals surface area contributed by atoms with Crippen molar-refractivity contribution in [2.75, 3.05) is 26.4 Å². The zero-order valence-electron chi connectivity index (χ0n) is 21.4. The van der Waals surface area contributed by atoms with Crippen molar-refractivity contribution in [1.82, 2.24) is 20.8 Å². The third-order valence-corrected chi connectivity index (χ3v) is 6.26. The van der Waals surface area contributed by atoms with Gasteiger partial charge < -0.3 is 29.6 Å². The number of rotatable bonds is 9. The molecule has 10 nitrogen and oxygen atoms in total. The quantitative estimate of drug-likeness (QED) is 0.501. The molecule has 0 spiro atoms. The summed E-state index contributed by atoms with van der Waals surface area (Å²) in [4.78, 5) is 23.9. The molecule has 2 aliphatic rings. The summed E-state index contributed by atoms with van der Waals surface area (Å²) in [6.07, 6.45) is 7.04. The molecule has 1 aromatic rings. The largest absolute Gasteiger partial charge is 0.464 e. The Labute approximate surface area is 207 Å². The normalized spacial score (nSPS) is 24.9. The Morgan fingerprint density at radius 1 is 1.17 bits per heavy atom. The average molecular weight is 493 g/mol. The first-order chi connectivity index (χ1) is 16.7. The first kappa shape index (κ1) is 27.1. The molecule has 10 heteroatoms. The fraction of sp³-hybridized carbons (Fsp3) is 0.760. The minimum Gasteiger partial charge on any atom is -0.464 e. The molecule has 1 aliphatic carbocycles. The molecule has 0 aromatic carbocycles. The number of carbonyl (C=O) groups excluding carboxylic acids is 2. The van der Waals surface area contributed by atoms with Crippen LogP contribution in [0.1, 0.15) is 77.7 Å². The van der Waals surface area contributed by atoms with Crippen molar-refractivity contribution in [1.29, 1.82) is 0 Å². The average Bonchev–Trinajstić information content (AvgIpc) is 2.82. The summed E-state index contributed by atoms with van der Waals surface area (Å²) >= 11 is 0. The Hall–Kier alpha value is -2.46. The maximum atomic E-state index is 12.2. The van der Waals surface area contributed by atoms with Crippen LogP contribution in [0, 0.1) is 0 Å². The number of alkyl carbamates (subject to hydrolysis) is 1. The molecule has 196 valence electrons. The van der Waals surface area contributed by atoms with Crippen LogP contribution in [0.3, 0.4) is 0 Å². The second-order valence-corrected chi connectivity index (χ2v) is 10.1. The van der Waals surface area contributed by atoms with Gasteiger partial charge in [0.25, 0.3) is 0 Å². The first-order valence-corrected chi connectivity index (χ1v) is 12.7. The van der Waals surface area contributed by atoms with Crippen LogP contribution in [0.2, 0.25) is 0 Å². The zero-order chi connectivity index (χ0) is 25.3. The predicted octanol–water partition coefficient (Wildman–Crippen LogP) is 3.11. The number of esters is 1. The lowest BCUT2D eigenvalue weighted by Gasteiger charge is -2.35. The van der Waals surface area contributed by atoms with Gasteiger partial charge in [0.05, 0.1) is 31.6 Å². The number of nitrogens with one attached hydrogen (secondary N) is 2. The molecule has 1 saturated carbocycles. The van der Waals surface area contributed by atoms with Crippen molar-refractivity contribution in [3.63, 3.8) is 0 Å². The van der Waals surface area contributed by atoms with E-state index < -0.39 is 11.6 Å². The number of hydrogen-bond acceptors (Lipinski definition) is 9. The molecule has 2 N–H and O–H groups in total. The van der Waals surface area contributed by atoms with Crippen LogP contribution in [0.15, 0.2) is 12.3 Å². The fourth-order valence-electron chi connectivity index (χ4n) is 4.62. The molecule has 2 fully saturated rings. The molecule has 0 bridgehead atoms. The highest BCUT2D eigenvalue weighted by Gasteiger charge is 2.31. The predicted molar refractivity (Wildman–Crippen MR) is 129 cm³/mol. The highest BCUT2D eigenvalue weighted by atomic mass is 16.6. The van der Waals surface area contributed by atoms with Crippen molar-refractivity contribution >= 4 is 12.1 Å². The van der Waals surface area contributed by atoms with Crippen LogP contribution >= 0.6 is 0 Å². The van der Waals surface area contributed by atoms with E-state index in [1.54, 1.807) is 13.1 Å². The van der Waals surface area contributed by atoms with Crippen LogP contribution in [0.4, 0.5) is 4.79 Å². The fourth-order valence-corrected chi connectivity index (χ4v) is 4.62. The molecule has 1 saturated heterocycles. The lowest BCUT2D eigenvalue weighted by Crippen LogP contribution is -2.56. The summed E-state index contributed by atoms with van der Waals surface area (Å²) in [5.41, 5.74) is 0.448. The van der Waals surface area contributed by atoms with Gasteiger partial charge in [-0.25, -0.2) is 9.59 Å². The minimum atomic E-state index is -0.523. The van der Waals surface area contributed by atoms with E-state index in [1.807, 2.05) is 26.8 Å². The second kappa shape index (κ2) is 13.0. The maximum Gasteiger partial charge on any atom is 0.407 e. The van der Waals surface area contributed by atoms with Gasteiger partial charge in [0, 0.05) is 11.6 Å². The van der Waals surface area contributed by atoms with E-state index in [9.17, 15) is 9.59 Å². The van der Waals surface area contributed by atoms with E-state index in [0.29, 0.717) is 19.1 Å². The van der Waals surface area contributed by atoms with Gasteiger partial charge in [0.2, 0.25) is 5.88 Å². The Kier molecular flexibility index (Phi) is 10.1. The zero-order valence-corrected chi connectivity index (χ0v) is 21.4. The van der Waals surface area contributed by atoms with Crippen LogP contribution in [-0.4, -0.2) is 72.4 Å². The van der Waals surface area contributed by atoms with Crippen LogP contribution in [0.5, 0.6) is 5.88 Å². The number of hydrogen-bond donors (Lipinski definition) is 2. The van der Waals surface area contributed by atoms with Crippen molar-refractivity contribution in [2.24, 2.45) is 0 Å². The lowest BCUT2D eigenvalue weighted by atomic mass is 9.83. The van der Waals surface area contributed by atoms with Crippen LogP contribution < -0.4 is 15.4 Å². The molecular weight excluding hydrogens is 452 g/mol. The number of aromatic nitrogens is 2. The Bertz CT molecular complexity index is 822. The molecular formula is C25H40N4O6.